The lowest BCUT2D eigenvalue weighted by Crippen LogP contribution is -2.62. The Balaban J connectivity index is 0.00000133. The van der Waals surface area contributed by atoms with Crippen LogP contribution in [0, 0.1) is 0 Å². The van der Waals surface area contributed by atoms with Gasteiger partial charge in [0, 0.05) is 51.9 Å². The van der Waals surface area contributed by atoms with Crippen LogP contribution in [0.1, 0.15) is 0 Å². The van der Waals surface area contributed by atoms with Crippen LogP contribution in [0.3, 0.4) is 0 Å². The molecule has 0 aromatic rings. The maximum atomic E-state index is 6.05. The number of hydrogen-bond donors (Lipinski definition) is 1. The second-order valence-electron chi connectivity index (χ2n) is 5.29. The number of morpholine rings is 1. The third-order valence-electron chi connectivity index (χ3n) is 4.19. The van der Waals surface area contributed by atoms with Crippen molar-refractivity contribution in [1.29, 1.82) is 0 Å². The summed E-state index contributed by atoms with van der Waals surface area (Å²) in [6.45, 7) is 10.1. The first kappa shape index (κ1) is 15.3. The molecule has 4 aliphatic heterocycles. The summed E-state index contributed by atoms with van der Waals surface area (Å²) in [6.07, 6.45) is 0. The van der Waals surface area contributed by atoms with Crippen molar-refractivity contribution in [1.82, 2.24) is 14.7 Å². The highest BCUT2D eigenvalue weighted by atomic mass is 127. The Morgan fingerprint density at radius 3 is 2.37 bits per heavy atom. The zero-order chi connectivity index (χ0) is 12.4. The summed E-state index contributed by atoms with van der Waals surface area (Å²) in [5.41, 5.74) is 6.05. The van der Waals surface area contributed by atoms with Crippen LogP contribution in [-0.2, 0) is 4.74 Å². The quantitative estimate of drug-likeness (QED) is 0.388. The molecule has 0 saturated carbocycles. The number of halogens is 1. The lowest BCUT2D eigenvalue weighted by molar-refractivity contribution is 0.0172. The van der Waals surface area contributed by atoms with E-state index in [0.29, 0.717) is 12.0 Å². The summed E-state index contributed by atoms with van der Waals surface area (Å²) in [4.78, 5) is 11.8. The van der Waals surface area contributed by atoms with Gasteiger partial charge < -0.3 is 15.4 Å². The molecule has 4 aliphatic rings. The minimum atomic E-state index is 0. The second kappa shape index (κ2) is 7.05. The van der Waals surface area contributed by atoms with E-state index in [9.17, 15) is 0 Å². The summed E-state index contributed by atoms with van der Waals surface area (Å²) in [5.74, 6) is 0.691. The first-order valence-corrected chi connectivity index (χ1v) is 6.92. The van der Waals surface area contributed by atoms with Crippen molar-refractivity contribution in [3.63, 3.8) is 0 Å². The van der Waals surface area contributed by atoms with E-state index >= 15 is 0 Å². The molecule has 4 fully saturated rings. The summed E-state index contributed by atoms with van der Waals surface area (Å²) < 4.78 is 5.32. The third kappa shape index (κ3) is 3.71. The summed E-state index contributed by atoms with van der Waals surface area (Å²) >= 11 is 0. The molecular weight excluding hydrogens is 357 g/mol. The van der Waals surface area contributed by atoms with Crippen molar-refractivity contribution in [2.24, 2.45) is 10.7 Å². The van der Waals surface area contributed by atoms with Crippen molar-refractivity contribution in [2.45, 2.75) is 6.04 Å². The Kier molecular flexibility index (Phi) is 5.67. The maximum Gasteiger partial charge on any atom is 0.191 e. The van der Waals surface area contributed by atoms with Crippen LogP contribution in [0.25, 0.3) is 0 Å². The van der Waals surface area contributed by atoms with E-state index in [-0.39, 0.29) is 24.0 Å². The largest absolute Gasteiger partial charge is 0.378 e. The van der Waals surface area contributed by atoms with Crippen LogP contribution in [0.2, 0.25) is 0 Å². The highest BCUT2D eigenvalue weighted by Gasteiger charge is 2.31. The number of guanidine groups is 1. The van der Waals surface area contributed by atoms with E-state index in [0.717, 1.165) is 39.4 Å². The fourth-order valence-electron chi connectivity index (χ4n) is 2.99. The van der Waals surface area contributed by atoms with Crippen LogP contribution in [0.15, 0.2) is 4.99 Å². The first-order chi connectivity index (χ1) is 8.83. The van der Waals surface area contributed by atoms with Gasteiger partial charge in [0.2, 0.25) is 0 Å². The highest BCUT2D eigenvalue weighted by Crippen LogP contribution is 2.15. The number of ether oxygens (including phenoxy) is 1. The Labute approximate surface area is 132 Å². The molecule has 0 spiro atoms. The molecule has 0 amide bonds. The number of hydrogen-bond acceptors (Lipinski definition) is 4. The molecule has 1 unspecified atom stereocenters. The lowest BCUT2D eigenvalue weighted by atomic mass is 10.1. The summed E-state index contributed by atoms with van der Waals surface area (Å²) in [7, 11) is 0. The molecule has 110 valence electrons. The number of nitrogens with two attached hydrogens (primary N) is 1. The van der Waals surface area contributed by atoms with Crippen molar-refractivity contribution >= 4 is 29.9 Å². The molecule has 7 heteroatoms. The number of nitrogens with zero attached hydrogens (tertiary/aromatic N) is 4. The van der Waals surface area contributed by atoms with Crippen LogP contribution in [0.4, 0.5) is 0 Å². The van der Waals surface area contributed by atoms with Gasteiger partial charge in [-0.3, -0.25) is 14.8 Å². The topological polar surface area (TPSA) is 57.3 Å². The van der Waals surface area contributed by atoms with Gasteiger partial charge in [-0.2, -0.15) is 0 Å². The molecule has 4 heterocycles. The van der Waals surface area contributed by atoms with E-state index in [1.54, 1.807) is 0 Å². The number of fused-ring (bicyclic) bond motifs is 3. The van der Waals surface area contributed by atoms with E-state index in [1.807, 2.05) is 0 Å². The van der Waals surface area contributed by atoms with Gasteiger partial charge in [-0.05, 0) is 0 Å². The first-order valence-electron chi connectivity index (χ1n) is 6.92. The Morgan fingerprint density at radius 1 is 1.11 bits per heavy atom. The third-order valence-corrected chi connectivity index (χ3v) is 4.19. The maximum absolute atomic E-state index is 6.05. The predicted molar refractivity (Wildman–Crippen MR) is 86.1 cm³/mol. The van der Waals surface area contributed by atoms with Gasteiger partial charge in [-0.1, -0.05) is 0 Å². The smallest absolute Gasteiger partial charge is 0.191 e. The number of piperazine rings is 3. The molecule has 1 atom stereocenters. The Hall–Kier alpha value is -0.120. The molecule has 0 radical (unpaired) electrons. The summed E-state index contributed by atoms with van der Waals surface area (Å²) in [6, 6.07) is 0.562. The zero-order valence-corrected chi connectivity index (χ0v) is 13.7. The van der Waals surface area contributed by atoms with Crippen LogP contribution in [0.5, 0.6) is 0 Å². The molecule has 6 nitrogen and oxygen atoms in total. The molecule has 0 aromatic carbocycles. The standard InChI is InChI=1S/C12H23N5O.HI/c13-12(17-5-7-18-8-6-17)14-9-11-10-15-1-3-16(11)4-2-15;/h11H,1-10H2,(H2,13,14);1H. The average molecular weight is 381 g/mol. The lowest BCUT2D eigenvalue weighted by Gasteiger charge is -2.47. The SMILES string of the molecule is I.NC(=NCC1CN2CCN1CC2)N1CCOCC1. The molecule has 0 aromatic heterocycles. The molecule has 4 saturated heterocycles. The Bertz CT molecular complexity index is 313. The molecular formula is C12H24IN5O. The van der Waals surface area contributed by atoms with Gasteiger partial charge in [0.05, 0.1) is 19.8 Å². The van der Waals surface area contributed by atoms with Crippen LogP contribution in [-0.4, -0.2) is 92.3 Å². The normalized spacial score (nSPS) is 35.1. The van der Waals surface area contributed by atoms with Gasteiger partial charge >= 0.3 is 0 Å². The van der Waals surface area contributed by atoms with Crippen molar-refractivity contribution < 1.29 is 4.74 Å². The number of rotatable bonds is 2. The van der Waals surface area contributed by atoms with E-state index in [2.05, 4.69) is 19.7 Å². The van der Waals surface area contributed by atoms with Gasteiger partial charge in [0.25, 0.3) is 0 Å². The second-order valence-corrected chi connectivity index (χ2v) is 5.29. The van der Waals surface area contributed by atoms with Crippen molar-refractivity contribution in [3.8, 4) is 0 Å². The van der Waals surface area contributed by atoms with Gasteiger partial charge in [0.15, 0.2) is 5.96 Å². The molecule has 0 aliphatic carbocycles. The fraction of sp³-hybridized carbons (Fsp3) is 0.917. The van der Waals surface area contributed by atoms with E-state index in [1.165, 1.54) is 26.2 Å². The monoisotopic (exact) mass is 381 g/mol. The van der Waals surface area contributed by atoms with Crippen LogP contribution < -0.4 is 5.73 Å². The van der Waals surface area contributed by atoms with Gasteiger partial charge in [0.1, 0.15) is 0 Å². The minimum absolute atomic E-state index is 0. The van der Waals surface area contributed by atoms with Crippen molar-refractivity contribution in [2.75, 3.05) is 65.6 Å². The minimum Gasteiger partial charge on any atom is -0.378 e. The predicted octanol–water partition coefficient (Wildman–Crippen LogP) is -0.749. The molecule has 2 N–H and O–H groups in total. The zero-order valence-electron chi connectivity index (χ0n) is 11.3. The average Bonchev–Trinajstić information content (AvgIpc) is 2.47. The van der Waals surface area contributed by atoms with Gasteiger partial charge in [-0.25, -0.2) is 0 Å². The highest BCUT2D eigenvalue weighted by molar-refractivity contribution is 14.0. The molecule has 19 heavy (non-hydrogen) atoms. The Morgan fingerprint density at radius 2 is 1.79 bits per heavy atom. The van der Waals surface area contributed by atoms with E-state index < -0.39 is 0 Å². The van der Waals surface area contributed by atoms with Crippen molar-refractivity contribution in [3.05, 3.63) is 0 Å². The van der Waals surface area contributed by atoms with E-state index in [4.69, 9.17) is 10.5 Å². The van der Waals surface area contributed by atoms with Crippen LogP contribution >= 0.6 is 24.0 Å². The molecule has 4 rings (SSSR count). The fourth-order valence-corrected chi connectivity index (χ4v) is 2.99. The van der Waals surface area contributed by atoms with Gasteiger partial charge in [-0.15, -0.1) is 24.0 Å². The summed E-state index contributed by atoms with van der Waals surface area (Å²) in [5, 5.41) is 0. The number of aliphatic imine (C=N–C) groups is 1. The molecule has 2 bridgehead atoms.